The van der Waals surface area contributed by atoms with Gasteiger partial charge in [0.15, 0.2) is 0 Å². The molecule has 1 atom stereocenters. The first-order chi connectivity index (χ1) is 9.96. The molecule has 0 aromatic rings. The van der Waals surface area contributed by atoms with E-state index in [9.17, 15) is 4.79 Å². The first-order valence-electron chi connectivity index (χ1n) is 8.59. The molecule has 0 bridgehead atoms. The molecule has 124 valence electrons. The molecule has 1 rings (SSSR count). The Hall–Kier alpha value is -0.610. The topological polar surface area (TPSA) is 41.6 Å². The molecule has 0 heterocycles. The quantitative estimate of drug-likeness (QED) is 0.470. The Morgan fingerprint density at radius 2 is 2.00 bits per heavy atom. The lowest BCUT2D eigenvalue weighted by Gasteiger charge is -2.37. The molecule has 1 unspecified atom stereocenters. The molecule has 1 fully saturated rings. The number of esters is 1. The molecule has 1 N–H and O–H groups in total. The van der Waals surface area contributed by atoms with Crippen LogP contribution in [0.3, 0.4) is 0 Å². The zero-order chi connectivity index (χ0) is 15.9. The summed E-state index contributed by atoms with van der Waals surface area (Å²) < 4.78 is 5.41. The number of carbonyl (C=O) groups excluding carboxylic acids is 1. The zero-order valence-corrected chi connectivity index (χ0v) is 14.6. The molecule has 0 aliphatic heterocycles. The first-order valence-corrected chi connectivity index (χ1v) is 8.59. The van der Waals surface area contributed by atoms with E-state index in [4.69, 9.17) is 4.74 Å². The summed E-state index contributed by atoms with van der Waals surface area (Å²) in [7, 11) is 2.12. The van der Waals surface area contributed by atoms with E-state index in [1.54, 1.807) is 0 Å². The van der Waals surface area contributed by atoms with Gasteiger partial charge >= 0.3 is 5.97 Å². The number of rotatable bonds is 11. The van der Waals surface area contributed by atoms with Crippen molar-refractivity contribution in [3.63, 3.8) is 0 Å². The van der Waals surface area contributed by atoms with Crippen molar-refractivity contribution in [2.75, 3.05) is 26.7 Å². The molecule has 1 aliphatic carbocycles. The maximum absolute atomic E-state index is 12.6. The molecule has 0 aromatic heterocycles. The van der Waals surface area contributed by atoms with Crippen molar-refractivity contribution < 1.29 is 9.53 Å². The zero-order valence-electron chi connectivity index (χ0n) is 14.6. The van der Waals surface area contributed by atoms with E-state index in [0.717, 1.165) is 25.9 Å². The molecule has 0 saturated heterocycles. The van der Waals surface area contributed by atoms with Gasteiger partial charge in [-0.15, -0.1) is 0 Å². The number of hydrogen-bond acceptors (Lipinski definition) is 4. The molecule has 1 aliphatic rings. The van der Waals surface area contributed by atoms with E-state index >= 15 is 0 Å². The molecule has 0 aromatic carbocycles. The Morgan fingerprint density at radius 3 is 2.48 bits per heavy atom. The lowest BCUT2D eigenvalue weighted by molar-refractivity contribution is -0.153. The van der Waals surface area contributed by atoms with Crippen LogP contribution in [0, 0.1) is 5.92 Å². The standard InChI is InChI=1S/C17H34N2O2/c1-6-8-9-12-19(5)13-17(15-10-11-15,18-14(3)4)16(20)21-7-2/h14-15,18H,6-13H2,1-5H3. The Bertz CT molecular complexity index is 316. The molecule has 0 spiro atoms. The summed E-state index contributed by atoms with van der Waals surface area (Å²) >= 11 is 0. The second-order valence-electron chi connectivity index (χ2n) is 6.71. The number of carbonyl (C=O) groups is 1. The Balaban J connectivity index is 2.76. The average molecular weight is 298 g/mol. The number of ether oxygens (including phenoxy) is 1. The van der Waals surface area contributed by atoms with Crippen LogP contribution in [-0.2, 0) is 9.53 Å². The summed E-state index contributed by atoms with van der Waals surface area (Å²) in [6.07, 6.45) is 5.92. The van der Waals surface area contributed by atoms with Crippen LogP contribution < -0.4 is 5.32 Å². The first kappa shape index (κ1) is 18.4. The third-order valence-corrected chi connectivity index (χ3v) is 4.12. The third-order valence-electron chi connectivity index (χ3n) is 4.12. The Morgan fingerprint density at radius 1 is 1.33 bits per heavy atom. The van der Waals surface area contributed by atoms with Gasteiger partial charge in [0.1, 0.15) is 5.54 Å². The SMILES string of the molecule is CCCCCN(C)CC(NC(C)C)(C(=O)OCC)C1CC1. The van der Waals surface area contributed by atoms with Crippen molar-refractivity contribution in [3.05, 3.63) is 0 Å². The van der Waals surface area contributed by atoms with Crippen molar-refractivity contribution in [2.24, 2.45) is 5.92 Å². The van der Waals surface area contributed by atoms with E-state index in [1.165, 1.54) is 19.3 Å². The summed E-state index contributed by atoms with van der Waals surface area (Å²) in [6.45, 7) is 10.6. The second-order valence-corrected chi connectivity index (χ2v) is 6.71. The van der Waals surface area contributed by atoms with Crippen LogP contribution in [0.2, 0.25) is 0 Å². The van der Waals surface area contributed by atoms with Crippen LogP contribution in [0.4, 0.5) is 0 Å². The predicted octanol–water partition coefficient (Wildman–Crippen LogP) is 2.82. The summed E-state index contributed by atoms with van der Waals surface area (Å²) in [6, 6.07) is 0.277. The van der Waals surface area contributed by atoms with Gasteiger partial charge in [-0.3, -0.25) is 5.32 Å². The summed E-state index contributed by atoms with van der Waals surface area (Å²) in [5.74, 6) is 0.358. The van der Waals surface area contributed by atoms with Gasteiger partial charge in [0.2, 0.25) is 0 Å². The van der Waals surface area contributed by atoms with Gasteiger partial charge < -0.3 is 9.64 Å². The highest BCUT2D eigenvalue weighted by Crippen LogP contribution is 2.41. The molecule has 4 heteroatoms. The van der Waals surface area contributed by atoms with Crippen molar-refractivity contribution in [2.45, 2.75) is 71.4 Å². The van der Waals surface area contributed by atoms with Crippen LogP contribution in [0.1, 0.15) is 59.8 Å². The highest BCUT2D eigenvalue weighted by atomic mass is 16.5. The highest BCUT2D eigenvalue weighted by molar-refractivity contribution is 5.82. The van der Waals surface area contributed by atoms with Crippen molar-refractivity contribution >= 4 is 5.97 Å². The summed E-state index contributed by atoms with van der Waals surface area (Å²) in [4.78, 5) is 14.9. The minimum atomic E-state index is -0.523. The molecular formula is C17H34N2O2. The van der Waals surface area contributed by atoms with Crippen molar-refractivity contribution in [3.8, 4) is 0 Å². The fraction of sp³-hybridized carbons (Fsp3) is 0.941. The molecule has 21 heavy (non-hydrogen) atoms. The fourth-order valence-corrected chi connectivity index (χ4v) is 3.07. The minimum absolute atomic E-state index is 0.0662. The third kappa shape index (κ3) is 5.59. The van der Waals surface area contributed by atoms with Gasteiger partial charge in [-0.05, 0) is 59.5 Å². The lowest BCUT2D eigenvalue weighted by Crippen LogP contribution is -2.62. The predicted molar refractivity (Wildman–Crippen MR) is 87.4 cm³/mol. The second kappa shape index (κ2) is 8.74. The van der Waals surface area contributed by atoms with Crippen LogP contribution in [0.15, 0.2) is 0 Å². The van der Waals surface area contributed by atoms with Gasteiger partial charge in [-0.2, -0.15) is 0 Å². The van der Waals surface area contributed by atoms with Crippen molar-refractivity contribution in [1.82, 2.24) is 10.2 Å². The average Bonchev–Trinajstić information content (AvgIpc) is 3.22. The van der Waals surface area contributed by atoms with E-state index in [-0.39, 0.29) is 12.0 Å². The lowest BCUT2D eigenvalue weighted by atomic mass is 9.91. The minimum Gasteiger partial charge on any atom is -0.465 e. The van der Waals surface area contributed by atoms with Gasteiger partial charge in [0, 0.05) is 12.6 Å². The number of unbranched alkanes of at least 4 members (excludes halogenated alkanes) is 2. The molecule has 4 nitrogen and oxygen atoms in total. The summed E-state index contributed by atoms with van der Waals surface area (Å²) in [5, 5.41) is 3.54. The van der Waals surface area contributed by atoms with Gasteiger partial charge in [-0.25, -0.2) is 4.79 Å². The van der Waals surface area contributed by atoms with E-state index < -0.39 is 5.54 Å². The van der Waals surface area contributed by atoms with Gasteiger partial charge in [0.25, 0.3) is 0 Å². The van der Waals surface area contributed by atoms with Crippen LogP contribution in [0.25, 0.3) is 0 Å². The van der Waals surface area contributed by atoms with Crippen LogP contribution >= 0.6 is 0 Å². The molecule has 0 amide bonds. The van der Waals surface area contributed by atoms with E-state index in [0.29, 0.717) is 12.5 Å². The Kier molecular flexibility index (Phi) is 7.67. The maximum atomic E-state index is 12.6. The monoisotopic (exact) mass is 298 g/mol. The molecular weight excluding hydrogens is 264 g/mol. The maximum Gasteiger partial charge on any atom is 0.327 e. The fourth-order valence-electron chi connectivity index (χ4n) is 3.07. The summed E-state index contributed by atoms with van der Waals surface area (Å²) in [5.41, 5.74) is -0.523. The largest absolute Gasteiger partial charge is 0.465 e. The van der Waals surface area contributed by atoms with E-state index in [1.807, 2.05) is 6.92 Å². The smallest absolute Gasteiger partial charge is 0.327 e. The van der Waals surface area contributed by atoms with Crippen LogP contribution in [-0.4, -0.2) is 49.2 Å². The van der Waals surface area contributed by atoms with Gasteiger partial charge in [0.05, 0.1) is 6.61 Å². The Labute approximate surface area is 130 Å². The number of hydrogen-bond donors (Lipinski definition) is 1. The highest BCUT2D eigenvalue weighted by Gasteiger charge is 2.52. The van der Waals surface area contributed by atoms with Crippen molar-refractivity contribution in [1.29, 1.82) is 0 Å². The molecule has 0 radical (unpaired) electrons. The van der Waals surface area contributed by atoms with E-state index in [2.05, 4.69) is 38.0 Å². The number of nitrogens with one attached hydrogen (secondary N) is 1. The number of likely N-dealkylation sites (N-methyl/N-ethyl adjacent to an activating group) is 1. The van der Waals surface area contributed by atoms with Gasteiger partial charge in [-0.1, -0.05) is 19.8 Å². The van der Waals surface area contributed by atoms with Crippen LogP contribution in [0.5, 0.6) is 0 Å². The molecule has 1 saturated carbocycles. The number of nitrogens with zero attached hydrogens (tertiary/aromatic N) is 1. The normalized spacial score (nSPS) is 18.0.